The predicted octanol–water partition coefficient (Wildman–Crippen LogP) is 0.764. The largest absolute Gasteiger partial charge is 0.480 e. The molecule has 1 heterocycles. The average Bonchev–Trinajstić information content (AvgIpc) is 2.48. The maximum atomic E-state index is 11.7. The molecule has 0 saturated heterocycles. The minimum Gasteiger partial charge on any atom is -0.480 e. The quantitative estimate of drug-likeness (QED) is 0.846. The van der Waals surface area contributed by atoms with Gasteiger partial charge in [-0.15, -0.1) is 0 Å². The fourth-order valence-electron chi connectivity index (χ4n) is 1.70. The number of carboxylic acids is 1. The van der Waals surface area contributed by atoms with Crippen molar-refractivity contribution in [1.82, 2.24) is 15.1 Å². The summed E-state index contributed by atoms with van der Waals surface area (Å²) in [6.45, 7) is -0.863. The molecule has 114 valence electrons. The van der Waals surface area contributed by atoms with Crippen molar-refractivity contribution in [3.8, 4) is 11.3 Å². The molecule has 2 rings (SSSR count). The maximum absolute atomic E-state index is 11.7. The third kappa shape index (κ3) is 4.16. The Balaban J connectivity index is 2.20. The molecule has 0 bridgehead atoms. The zero-order valence-electron chi connectivity index (χ0n) is 11.3. The molecule has 8 heteroatoms. The molecule has 0 aliphatic carbocycles. The molecule has 0 saturated carbocycles. The fraction of sp³-hybridized carbons (Fsp3) is 0.143. The SMILES string of the molecule is O=C(O)CNC(=O)Cn1nc(-c2ccc(Cl)cc2)ccc1=O. The number of hydrogen-bond donors (Lipinski definition) is 2. The van der Waals surface area contributed by atoms with Crippen LogP contribution in [0.25, 0.3) is 11.3 Å². The average molecular weight is 322 g/mol. The summed E-state index contributed by atoms with van der Waals surface area (Å²) in [6, 6.07) is 9.69. The number of nitrogens with zero attached hydrogens (tertiary/aromatic N) is 2. The van der Waals surface area contributed by atoms with Crippen LogP contribution in [-0.4, -0.2) is 33.3 Å². The summed E-state index contributed by atoms with van der Waals surface area (Å²) in [7, 11) is 0. The monoisotopic (exact) mass is 321 g/mol. The van der Waals surface area contributed by atoms with Gasteiger partial charge in [0.25, 0.3) is 5.56 Å². The van der Waals surface area contributed by atoms with Crippen molar-refractivity contribution in [1.29, 1.82) is 0 Å². The van der Waals surface area contributed by atoms with E-state index in [2.05, 4.69) is 10.4 Å². The molecule has 7 nitrogen and oxygen atoms in total. The van der Waals surface area contributed by atoms with Gasteiger partial charge in [-0.1, -0.05) is 23.7 Å². The molecule has 0 aliphatic rings. The number of benzene rings is 1. The van der Waals surface area contributed by atoms with Crippen LogP contribution in [0.5, 0.6) is 0 Å². The zero-order valence-corrected chi connectivity index (χ0v) is 12.1. The number of carboxylic acid groups (broad SMARTS) is 1. The summed E-state index contributed by atoms with van der Waals surface area (Å²) in [5.41, 5.74) is 0.787. The van der Waals surface area contributed by atoms with Gasteiger partial charge in [0.1, 0.15) is 13.1 Å². The smallest absolute Gasteiger partial charge is 0.322 e. The van der Waals surface area contributed by atoms with Crippen molar-refractivity contribution in [2.24, 2.45) is 0 Å². The number of carbonyl (C=O) groups excluding carboxylic acids is 1. The van der Waals surface area contributed by atoms with Gasteiger partial charge < -0.3 is 10.4 Å². The van der Waals surface area contributed by atoms with Gasteiger partial charge >= 0.3 is 5.97 Å². The molecule has 2 N–H and O–H groups in total. The van der Waals surface area contributed by atoms with Crippen LogP contribution in [0, 0.1) is 0 Å². The molecule has 1 aromatic heterocycles. The van der Waals surface area contributed by atoms with E-state index >= 15 is 0 Å². The summed E-state index contributed by atoms with van der Waals surface area (Å²) >= 11 is 5.81. The summed E-state index contributed by atoms with van der Waals surface area (Å²) in [4.78, 5) is 33.7. The number of carbonyl (C=O) groups is 2. The Morgan fingerprint density at radius 3 is 2.50 bits per heavy atom. The zero-order chi connectivity index (χ0) is 16.1. The Kier molecular flexibility index (Phi) is 4.90. The minimum atomic E-state index is -1.16. The van der Waals surface area contributed by atoms with Crippen LogP contribution >= 0.6 is 11.6 Å². The second-order valence-corrected chi connectivity index (χ2v) is 4.83. The van der Waals surface area contributed by atoms with Crippen LogP contribution in [-0.2, 0) is 16.1 Å². The van der Waals surface area contributed by atoms with Crippen molar-refractivity contribution >= 4 is 23.5 Å². The first-order valence-corrected chi connectivity index (χ1v) is 6.66. The first-order valence-electron chi connectivity index (χ1n) is 6.28. The van der Waals surface area contributed by atoms with E-state index in [-0.39, 0.29) is 6.54 Å². The van der Waals surface area contributed by atoms with Gasteiger partial charge in [0.15, 0.2) is 0 Å². The van der Waals surface area contributed by atoms with E-state index in [0.717, 1.165) is 10.2 Å². The Morgan fingerprint density at radius 1 is 1.18 bits per heavy atom. The van der Waals surface area contributed by atoms with E-state index in [1.807, 2.05) is 0 Å². The number of amides is 1. The third-order valence-electron chi connectivity index (χ3n) is 2.74. The Morgan fingerprint density at radius 2 is 1.86 bits per heavy atom. The first-order chi connectivity index (χ1) is 10.5. The number of aliphatic carboxylic acids is 1. The van der Waals surface area contributed by atoms with Gasteiger partial charge in [0.05, 0.1) is 5.69 Å². The molecule has 0 atom stereocenters. The van der Waals surface area contributed by atoms with Gasteiger partial charge in [0, 0.05) is 16.7 Å². The van der Waals surface area contributed by atoms with E-state index in [1.165, 1.54) is 12.1 Å². The van der Waals surface area contributed by atoms with Crippen molar-refractivity contribution in [2.75, 3.05) is 6.54 Å². The predicted molar refractivity (Wildman–Crippen MR) is 79.6 cm³/mol. The molecule has 0 radical (unpaired) electrons. The molecule has 0 unspecified atom stereocenters. The van der Waals surface area contributed by atoms with E-state index in [9.17, 15) is 14.4 Å². The lowest BCUT2D eigenvalue weighted by Crippen LogP contribution is -2.36. The number of aromatic nitrogens is 2. The molecule has 1 amide bonds. The van der Waals surface area contributed by atoms with Crippen molar-refractivity contribution in [2.45, 2.75) is 6.54 Å². The summed E-state index contributed by atoms with van der Waals surface area (Å²) in [5.74, 6) is -1.77. The number of halogens is 1. The molecule has 0 aliphatic heterocycles. The van der Waals surface area contributed by atoms with Crippen LogP contribution in [0.3, 0.4) is 0 Å². The second kappa shape index (κ2) is 6.86. The standard InChI is InChI=1S/C14H12ClN3O4/c15-10-3-1-9(2-4-10)11-5-6-13(20)18(17-11)8-12(19)16-7-14(21)22/h1-6H,7-8H2,(H,16,19)(H,21,22). The van der Waals surface area contributed by atoms with E-state index < -0.39 is 24.0 Å². The highest BCUT2D eigenvalue weighted by atomic mass is 35.5. The summed E-state index contributed by atoms with van der Waals surface area (Å²) in [6.07, 6.45) is 0. The van der Waals surface area contributed by atoms with Crippen molar-refractivity contribution in [3.63, 3.8) is 0 Å². The molecule has 0 fully saturated rings. The lowest BCUT2D eigenvalue weighted by molar-refractivity contribution is -0.138. The molecule has 2 aromatic rings. The molecule has 0 spiro atoms. The topological polar surface area (TPSA) is 101 Å². The van der Waals surface area contributed by atoms with Crippen molar-refractivity contribution in [3.05, 3.63) is 51.8 Å². The highest BCUT2D eigenvalue weighted by Gasteiger charge is 2.09. The highest BCUT2D eigenvalue weighted by molar-refractivity contribution is 6.30. The van der Waals surface area contributed by atoms with Crippen LogP contribution in [0.2, 0.25) is 5.02 Å². The minimum absolute atomic E-state index is 0.354. The van der Waals surface area contributed by atoms with Gasteiger partial charge in [-0.2, -0.15) is 5.10 Å². The van der Waals surface area contributed by atoms with Gasteiger partial charge in [-0.3, -0.25) is 14.4 Å². The maximum Gasteiger partial charge on any atom is 0.322 e. The van der Waals surface area contributed by atoms with Crippen LogP contribution < -0.4 is 10.9 Å². The second-order valence-electron chi connectivity index (χ2n) is 4.39. The number of hydrogen-bond acceptors (Lipinski definition) is 4. The van der Waals surface area contributed by atoms with E-state index in [1.54, 1.807) is 24.3 Å². The van der Waals surface area contributed by atoms with Crippen LogP contribution in [0.15, 0.2) is 41.2 Å². The van der Waals surface area contributed by atoms with Gasteiger partial charge in [-0.05, 0) is 18.2 Å². The number of rotatable bonds is 5. The van der Waals surface area contributed by atoms with Gasteiger partial charge in [-0.25, -0.2) is 4.68 Å². The van der Waals surface area contributed by atoms with Crippen LogP contribution in [0.1, 0.15) is 0 Å². The number of nitrogens with one attached hydrogen (secondary N) is 1. The first kappa shape index (κ1) is 15.7. The van der Waals surface area contributed by atoms with E-state index in [0.29, 0.717) is 10.7 Å². The Bertz CT molecular complexity index is 755. The normalized spacial score (nSPS) is 10.2. The third-order valence-corrected chi connectivity index (χ3v) is 2.99. The lowest BCUT2D eigenvalue weighted by Gasteiger charge is -2.07. The molecular formula is C14H12ClN3O4. The lowest BCUT2D eigenvalue weighted by atomic mass is 10.1. The van der Waals surface area contributed by atoms with Crippen molar-refractivity contribution < 1.29 is 14.7 Å². The van der Waals surface area contributed by atoms with Gasteiger partial charge in [0.2, 0.25) is 5.91 Å². The Hall–Kier alpha value is -2.67. The van der Waals surface area contributed by atoms with E-state index in [4.69, 9.17) is 16.7 Å². The highest BCUT2D eigenvalue weighted by Crippen LogP contribution is 2.18. The van der Waals surface area contributed by atoms with Crippen LogP contribution in [0.4, 0.5) is 0 Å². The summed E-state index contributed by atoms with van der Waals surface area (Å²) < 4.78 is 0.973. The fourth-order valence-corrected chi connectivity index (χ4v) is 1.83. The molecular weight excluding hydrogens is 310 g/mol. The summed E-state index contributed by atoms with van der Waals surface area (Å²) in [5, 5.41) is 15.3. The molecule has 22 heavy (non-hydrogen) atoms. The Labute approximate surface area is 130 Å². The molecule has 1 aromatic carbocycles.